The van der Waals surface area contributed by atoms with Gasteiger partial charge in [0.15, 0.2) is 0 Å². The number of aryl methyl sites for hydroxylation is 1. The molecule has 3 nitrogen and oxygen atoms in total. The first kappa shape index (κ1) is 12.7. The van der Waals surface area contributed by atoms with E-state index >= 15 is 0 Å². The smallest absolute Gasteiger partial charge is 0.0629 e. The summed E-state index contributed by atoms with van der Waals surface area (Å²) in [4.78, 5) is 2.31. The molecule has 0 bridgehead atoms. The van der Waals surface area contributed by atoms with Crippen molar-refractivity contribution >= 4 is 27.7 Å². The van der Waals surface area contributed by atoms with Crippen LogP contribution in [0, 0.1) is 0 Å². The topological polar surface area (TPSA) is 43.8 Å². The molecule has 0 aliphatic heterocycles. The fourth-order valence-corrected chi connectivity index (χ4v) is 3.31. The van der Waals surface area contributed by atoms with Gasteiger partial charge in [-0.2, -0.15) is 5.10 Å². The Morgan fingerprint density at radius 3 is 2.71 bits per heavy atom. The maximum Gasteiger partial charge on any atom is 0.0629 e. The van der Waals surface area contributed by atoms with Gasteiger partial charge < -0.3 is 5.73 Å². The Morgan fingerprint density at radius 2 is 2.18 bits per heavy atom. The Morgan fingerprint density at radius 1 is 1.41 bits per heavy atom. The number of benzene rings is 1. The third-order valence-electron chi connectivity index (χ3n) is 2.38. The van der Waals surface area contributed by atoms with E-state index in [1.54, 1.807) is 16.4 Å². The van der Waals surface area contributed by atoms with E-state index in [9.17, 15) is 0 Å². The van der Waals surface area contributed by atoms with E-state index in [1.807, 2.05) is 26.4 Å². The van der Waals surface area contributed by atoms with Crippen LogP contribution in [0.1, 0.15) is 18.5 Å². The first-order valence-electron chi connectivity index (χ1n) is 5.28. The zero-order valence-electron chi connectivity index (χ0n) is 9.72. The van der Waals surface area contributed by atoms with E-state index < -0.39 is 0 Å². The molecule has 0 aliphatic carbocycles. The molecular weight excluding hydrogens is 298 g/mol. The van der Waals surface area contributed by atoms with Crippen molar-refractivity contribution in [2.24, 2.45) is 12.8 Å². The van der Waals surface area contributed by atoms with Crippen molar-refractivity contribution < 1.29 is 0 Å². The van der Waals surface area contributed by atoms with E-state index in [-0.39, 0.29) is 6.04 Å². The van der Waals surface area contributed by atoms with Gasteiger partial charge in [-0.05, 0) is 24.6 Å². The molecule has 1 aromatic heterocycles. The van der Waals surface area contributed by atoms with Crippen LogP contribution in [0.3, 0.4) is 0 Å². The van der Waals surface area contributed by atoms with Crippen molar-refractivity contribution in [2.75, 3.05) is 0 Å². The van der Waals surface area contributed by atoms with Crippen LogP contribution in [-0.2, 0) is 7.05 Å². The third-order valence-corrected chi connectivity index (χ3v) is 4.00. The fraction of sp³-hybridized carbons (Fsp3) is 0.250. The number of rotatable bonds is 3. The van der Waals surface area contributed by atoms with Gasteiger partial charge in [0, 0.05) is 28.7 Å². The van der Waals surface area contributed by atoms with E-state index in [0.717, 1.165) is 14.9 Å². The van der Waals surface area contributed by atoms with E-state index in [1.165, 1.54) is 4.90 Å². The molecule has 2 aromatic rings. The summed E-state index contributed by atoms with van der Waals surface area (Å²) in [6.07, 6.45) is 3.86. The summed E-state index contributed by atoms with van der Waals surface area (Å²) in [7, 11) is 1.92. The Labute approximate surface area is 114 Å². The van der Waals surface area contributed by atoms with Gasteiger partial charge in [0.1, 0.15) is 0 Å². The van der Waals surface area contributed by atoms with Crippen LogP contribution in [0.15, 0.2) is 44.9 Å². The molecule has 90 valence electrons. The molecule has 0 radical (unpaired) electrons. The summed E-state index contributed by atoms with van der Waals surface area (Å²) >= 11 is 5.24. The zero-order valence-corrected chi connectivity index (χ0v) is 12.1. The molecule has 1 aromatic carbocycles. The minimum Gasteiger partial charge on any atom is -0.324 e. The van der Waals surface area contributed by atoms with E-state index in [0.29, 0.717) is 0 Å². The van der Waals surface area contributed by atoms with E-state index in [4.69, 9.17) is 5.73 Å². The second-order valence-electron chi connectivity index (χ2n) is 3.92. The molecular formula is C12H14BrN3S. The Bertz CT molecular complexity index is 522. The maximum atomic E-state index is 5.87. The van der Waals surface area contributed by atoms with Gasteiger partial charge in [-0.25, -0.2) is 0 Å². The summed E-state index contributed by atoms with van der Waals surface area (Å²) in [5, 5.41) is 4.15. The van der Waals surface area contributed by atoms with Gasteiger partial charge in [-0.3, -0.25) is 4.68 Å². The summed E-state index contributed by atoms with van der Waals surface area (Å²) in [5.74, 6) is 0. The van der Waals surface area contributed by atoms with Gasteiger partial charge in [-0.15, -0.1) is 0 Å². The quantitative estimate of drug-likeness (QED) is 0.945. The normalized spacial score (nSPS) is 12.7. The first-order valence-corrected chi connectivity index (χ1v) is 6.89. The molecule has 0 spiro atoms. The number of hydrogen-bond acceptors (Lipinski definition) is 3. The second-order valence-corrected chi connectivity index (χ2v) is 5.93. The summed E-state index contributed by atoms with van der Waals surface area (Å²) < 4.78 is 2.86. The number of hydrogen-bond donors (Lipinski definition) is 1. The molecule has 1 atom stereocenters. The third kappa shape index (κ3) is 3.12. The summed E-state index contributed by atoms with van der Waals surface area (Å²) in [5.41, 5.74) is 7.00. The molecule has 17 heavy (non-hydrogen) atoms. The number of aromatic nitrogens is 2. The monoisotopic (exact) mass is 311 g/mol. The number of nitrogens with two attached hydrogens (primary N) is 1. The van der Waals surface area contributed by atoms with Gasteiger partial charge >= 0.3 is 0 Å². The first-order chi connectivity index (χ1) is 8.06. The molecule has 5 heteroatoms. The average Bonchev–Trinajstić information content (AvgIpc) is 2.63. The van der Waals surface area contributed by atoms with Crippen LogP contribution in [-0.4, -0.2) is 9.78 Å². The molecule has 2 N–H and O–H groups in total. The lowest BCUT2D eigenvalue weighted by Gasteiger charge is -2.09. The lowest BCUT2D eigenvalue weighted by Crippen LogP contribution is -2.05. The molecule has 0 aliphatic rings. The van der Waals surface area contributed by atoms with Crippen molar-refractivity contribution in [1.29, 1.82) is 0 Å². The molecule has 0 saturated heterocycles. The molecule has 1 unspecified atom stereocenters. The van der Waals surface area contributed by atoms with Crippen LogP contribution in [0.2, 0.25) is 0 Å². The van der Waals surface area contributed by atoms with Crippen LogP contribution >= 0.6 is 27.7 Å². The predicted octanol–water partition coefficient (Wildman–Crippen LogP) is 3.35. The van der Waals surface area contributed by atoms with Crippen molar-refractivity contribution in [1.82, 2.24) is 9.78 Å². The molecule has 2 rings (SSSR count). The number of nitrogens with zero attached hydrogens (tertiary/aromatic N) is 2. The number of halogens is 1. The standard InChI is InChI=1S/C12H14BrN3S/c1-8(14)11-4-3-9(5-12(11)13)17-10-6-15-16(2)7-10/h3-8H,14H2,1-2H3. The minimum absolute atomic E-state index is 0.0433. The van der Waals surface area contributed by atoms with Gasteiger partial charge in [0.25, 0.3) is 0 Å². The van der Waals surface area contributed by atoms with Crippen LogP contribution in [0.25, 0.3) is 0 Å². The minimum atomic E-state index is 0.0433. The van der Waals surface area contributed by atoms with Gasteiger partial charge in [-0.1, -0.05) is 33.8 Å². The highest BCUT2D eigenvalue weighted by atomic mass is 79.9. The van der Waals surface area contributed by atoms with Crippen molar-refractivity contribution in [3.8, 4) is 0 Å². The maximum absolute atomic E-state index is 5.87. The highest BCUT2D eigenvalue weighted by molar-refractivity contribution is 9.10. The zero-order chi connectivity index (χ0) is 12.4. The van der Waals surface area contributed by atoms with Gasteiger partial charge in [0.05, 0.1) is 11.1 Å². The van der Waals surface area contributed by atoms with Crippen LogP contribution in [0.5, 0.6) is 0 Å². The lowest BCUT2D eigenvalue weighted by molar-refractivity contribution is 0.766. The molecule has 0 amide bonds. The molecule has 0 saturated carbocycles. The largest absolute Gasteiger partial charge is 0.324 e. The fourth-order valence-electron chi connectivity index (χ4n) is 1.53. The average molecular weight is 312 g/mol. The van der Waals surface area contributed by atoms with Crippen molar-refractivity contribution in [3.05, 3.63) is 40.6 Å². The lowest BCUT2D eigenvalue weighted by atomic mass is 10.1. The van der Waals surface area contributed by atoms with Crippen LogP contribution < -0.4 is 5.73 Å². The Balaban J connectivity index is 2.20. The molecule has 0 fully saturated rings. The SMILES string of the molecule is CC(N)c1ccc(Sc2cnn(C)c2)cc1Br. The van der Waals surface area contributed by atoms with Crippen molar-refractivity contribution in [2.45, 2.75) is 22.8 Å². The highest BCUT2D eigenvalue weighted by Gasteiger charge is 2.07. The second kappa shape index (κ2) is 5.25. The van der Waals surface area contributed by atoms with Crippen LogP contribution in [0.4, 0.5) is 0 Å². The summed E-state index contributed by atoms with van der Waals surface area (Å²) in [6, 6.07) is 6.28. The van der Waals surface area contributed by atoms with Crippen molar-refractivity contribution in [3.63, 3.8) is 0 Å². The molecule has 1 heterocycles. The Kier molecular flexibility index (Phi) is 3.91. The van der Waals surface area contributed by atoms with E-state index in [2.05, 4.69) is 39.2 Å². The predicted molar refractivity (Wildman–Crippen MR) is 74.1 cm³/mol. The Hall–Kier alpha value is -0.780. The highest BCUT2D eigenvalue weighted by Crippen LogP contribution is 2.32. The summed E-state index contributed by atoms with van der Waals surface area (Å²) in [6.45, 7) is 1.98. The van der Waals surface area contributed by atoms with Gasteiger partial charge in [0.2, 0.25) is 0 Å².